The van der Waals surface area contributed by atoms with E-state index < -0.39 is 0 Å². The molecule has 2 aromatic rings. The number of aryl methyl sites for hydroxylation is 1. The van der Waals surface area contributed by atoms with Gasteiger partial charge in [-0.1, -0.05) is 25.1 Å². The van der Waals surface area contributed by atoms with Gasteiger partial charge in [0.15, 0.2) is 5.96 Å². The molecule has 1 aromatic heterocycles. The average molecular weight is 472 g/mol. The van der Waals surface area contributed by atoms with Gasteiger partial charge in [0, 0.05) is 31.8 Å². The van der Waals surface area contributed by atoms with E-state index in [4.69, 9.17) is 4.74 Å². The van der Waals surface area contributed by atoms with Crippen molar-refractivity contribution in [2.45, 2.75) is 32.3 Å². The summed E-state index contributed by atoms with van der Waals surface area (Å²) in [6.45, 7) is 3.69. The molecule has 1 unspecified atom stereocenters. The molecule has 1 aliphatic rings. The molecule has 5 nitrogen and oxygen atoms in total. The van der Waals surface area contributed by atoms with Crippen molar-refractivity contribution >= 4 is 41.3 Å². The number of nitrogens with zero attached hydrogens (tertiary/aromatic N) is 2. The Bertz CT molecular complexity index is 679. The van der Waals surface area contributed by atoms with Gasteiger partial charge in [0.05, 0.1) is 17.2 Å². The number of nitrogens with one attached hydrogen (secondary N) is 2. The molecule has 0 radical (unpaired) electrons. The maximum atomic E-state index is 5.94. The van der Waals surface area contributed by atoms with Crippen molar-refractivity contribution in [2.24, 2.45) is 4.99 Å². The average Bonchev–Trinajstić information content (AvgIpc) is 3.23. The molecular weight excluding hydrogens is 447 g/mol. The highest BCUT2D eigenvalue weighted by Gasteiger charge is 2.22. The molecule has 0 saturated heterocycles. The fourth-order valence-electron chi connectivity index (χ4n) is 2.73. The van der Waals surface area contributed by atoms with Gasteiger partial charge >= 0.3 is 0 Å². The molecule has 0 saturated carbocycles. The molecule has 0 aliphatic carbocycles. The van der Waals surface area contributed by atoms with Crippen LogP contribution in [0.25, 0.3) is 0 Å². The third-order valence-corrected chi connectivity index (χ3v) is 5.05. The lowest BCUT2D eigenvalue weighted by Gasteiger charge is -2.15. The lowest BCUT2D eigenvalue weighted by atomic mass is 10.1. The summed E-state index contributed by atoms with van der Waals surface area (Å²) in [6.07, 6.45) is 3.01. The van der Waals surface area contributed by atoms with Crippen molar-refractivity contribution in [1.29, 1.82) is 0 Å². The summed E-state index contributed by atoms with van der Waals surface area (Å²) in [4.78, 5) is 8.85. The number of guanidine groups is 1. The van der Waals surface area contributed by atoms with E-state index in [0.29, 0.717) is 0 Å². The van der Waals surface area contributed by atoms with E-state index in [1.54, 1.807) is 18.4 Å². The van der Waals surface area contributed by atoms with Gasteiger partial charge < -0.3 is 15.4 Å². The SMILES string of the molecule is CCc1nc(CCNC(=NC)NCC2Cc3ccccc3O2)cs1.I. The molecule has 1 atom stereocenters. The molecule has 0 amide bonds. The van der Waals surface area contributed by atoms with Crippen molar-refractivity contribution in [2.75, 3.05) is 20.1 Å². The minimum atomic E-state index is 0. The van der Waals surface area contributed by atoms with Crippen molar-refractivity contribution in [3.05, 3.63) is 45.9 Å². The third kappa shape index (κ3) is 5.57. The standard InChI is InChI=1S/C18H24N4OS.HI/c1-3-17-22-14(12-24-17)8-9-20-18(19-2)21-11-15-10-13-6-4-5-7-16(13)23-15;/h4-7,12,15H,3,8-11H2,1-2H3,(H2,19,20,21);1H. The first-order valence-corrected chi connectivity index (χ1v) is 9.28. The normalized spacial score (nSPS) is 15.9. The highest BCUT2D eigenvalue weighted by Crippen LogP contribution is 2.27. The molecule has 136 valence electrons. The van der Waals surface area contributed by atoms with Crippen LogP contribution in [-0.2, 0) is 19.3 Å². The predicted octanol–water partition coefficient (Wildman–Crippen LogP) is 3.03. The zero-order valence-electron chi connectivity index (χ0n) is 14.6. The van der Waals surface area contributed by atoms with Gasteiger partial charge in [-0.15, -0.1) is 35.3 Å². The fourth-order valence-corrected chi connectivity index (χ4v) is 3.51. The summed E-state index contributed by atoms with van der Waals surface area (Å²) in [5, 5.41) is 10.0. The second kappa shape index (κ2) is 9.96. The van der Waals surface area contributed by atoms with Gasteiger partial charge in [-0.25, -0.2) is 4.98 Å². The smallest absolute Gasteiger partial charge is 0.191 e. The van der Waals surface area contributed by atoms with Crippen LogP contribution in [0.5, 0.6) is 5.75 Å². The molecule has 1 aliphatic heterocycles. The first kappa shape index (κ1) is 20.0. The van der Waals surface area contributed by atoms with Crippen LogP contribution >= 0.6 is 35.3 Å². The van der Waals surface area contributed by atoms with Gasteiger partial charge in [-0.05, 0) is 18.1 Å². The molecule has 1 aromatic carbocycles. The summed E-state index contributed by atoms with van der Waals surface area (Å²) >= 11 is 1.73. The van der Waals surface area contributed by atoms with Crippen LogP contribution in [0.3, 0.4) is 0 Å². The van der Waals surface area contributed by atoms with Gasteiger partial charge in [0.2, 0.25) is 0 Å². The number of halogens is 1. The quantitative estimate of drug-likeness (QED) is 0.386. The Labute approximate surface area is 170 Å². The Balaban J connectivity index is 0.00000225. The Morgan fingerprint density at radius 1 is 1.36 bits per heavy atom. The Hall–Kier alpha value is -1.35. The van der Waals surface area contributed by atoms with E-state index in [1.165, 1.54) is 10.6 Å². The number of rotatable bonds is 6. The van der Waals surface area contributed by atoms with E-state index >= 15 is 0 Å². The number of fused-ring (bicyclic) bond motifs is 1. The Morgan fingerprint density at radius 3 is 2.92 bits per heavy atom. The summed E-state index contributed by atoms with van der Waals surface area (Å²) in [5.41, 5.74) is 2.43. The molecule has 7 heteroatoms. The molecule has 0 bridgehead atoms. The molecule has 2 heterocycles. The summed E-state index contributed by atoms with van der Waals surface area (Å²) < 4.78 is 5.94. The zero-order valence-corrected chi connectivity index (χ0v) is 17.8. The molecule has 25 heavy (non-hydrogen) atoms. The van der Waals surface area contributed by atoms with Crippen LogP contribution in [0.4, 0.5) is 0 Å². The van der Waals surface area contributed by atoms with Gasteiger partial charge in [0.25, 0.3) is 0 Å². The van der Waals surface area contributed by atoms with Gasteiger partial charge in [-0.2, -0.15) is 0 Å². The highest BCUT2D eigenvalue weighted by molar-refractivity contribution is 14.0. The lowest BCUT2D eigenvalue weighted by Crippen LogP contribution is -2.42. The van der Waals surface area contributed by atoms with Crippen LogP contribution in [-0.4, -0.2) is 37.2 Å². The Morgan fingerprint density at radius 2 is 2.20 bits per heavy atom. The lowest BCUT2D eigenvalue weighted by molar-refractivity contribution is 0.235. The molecule has 0 spiro atoms. The maximum absolute atomic E-state index is 5.94. The fraction of sp³-hybridized carbons (Fsp3) is 0.444. The van der Waals surface area contributed by atoms with Crippen LogP contribution in [0.15, 0.2) is 34.6 Å². The minimum absolute atomic E-state index is 0. The zero-order chi connectivity index (χ0) is 16.8. The van der Waals surface area contributed by atoms with Crippen molar-refractivity contribution in [1.82, 2.24) is 15.6 Å². The number of thiazole rings is 1. The first-order chi connectivity index (χ1) is 11.8. The van der Waals surface area contributed by atoms with Gasteiger partial charge in [-0.3, -0.25) is 4.99 Å². The van der Waals surface area contributed by atoms with E-state index in [9.17, 15) is 0 Å². The number of benzene rings is 1. The number of para-hydroxylation sites is 1. The second-order valence-corrected chi connectivity index (χ2v) is 6.71. The first-order valence-electron chi connectivity index (χ1n) is 8.41. The largest absolute Gasteiger partial charge is 0.488 e. The molecular formula is C18H25IN4OS. The minimum Gasteiger partial charge on any atom is -0.488 e. The van der Waals surface area contributed by atoms with Crippen molar-refractivity contribution in [3.8, 4) is 5.75 Å². The van der Waals surface area contributed by atoms with Crippen LogP contribution < -0.4 is 15.4 Å². The summed E-state index contributed by atoms with van der Waals surface area (Å²) in [7, 11) is 1.79. The van der Waals surface area contributed by atoms with Crippen LogP contribution in [0, 0.1) is 0 Å². The third-order valence-electron chi connectivity index (χ3n) is 4.01. The van der Waals surface area contributed by atoms with E-state index in [0.717, 1.165) is 49.8 Å². The van der Waals surface area contributed by atoms with Gasteiger partial charge in [0.1, 0.15) is 11.9 Å². The van der Waals surface area contributed by atoms with Crippen molar-refractivity contribution < 1.29 is 4.74 Å². The van der Waals surface area contributed by atoms with Crippen LogP contribution in [0.2, 0.25) is 0 Å². The second-order valence-electron chi connectivity index (χ2n) is 5.77. The molecule has 3 rings (SSSR count). The van der Waals surface area contributed by atoms with E-state index in [2.05, 4.69) is 45.0 Å². The number of hydrogen-bond donors (Lipinski definition) is 2. The van der Waals surface area contributed by atoms with E-state index in [1.807, 2.05) is 12.1 Å². The maximum Gasteiger partial charge on any atom is 0.191 e. The topological polar surface area (TPSA) is 58.5 Å². The van der Waals surface area contributed by atoms with Crippen molar-refractivity contribution in [3.63, 3.8) is 0 Å². The summed E-state index contributed by atoms with van der Waals surface area (Å²) in [5.74, 6) is 1.81. The number of aliphatic imine (C=N–C) groups is 1. The van der Waals surface area contributed by atoms with E-state index in [-0.39, 0.29) is 30.1 Å². The summed E-state index contributed by atoms with van der Waals surface area (Å²) in [6, 6.07) is 8.22. The molecule has 2 N–H and O–H groups in total. The number of hydrogen-bond acceptors (Lipinski definition) is 4. The predicted molar refractivity (Wildman–Crippen MR) is 115 cm³/mol. The monoisotopic (exact) mass is 472 g/mol. The van der Waals surface area contributed by atoms with Crippen LogP contribution in [0.1, 0.15) is 23.2 Å². The highest BCUT2D eigenvalue weighted by atomic mass is 127. The molecule has 0 fully saturated rings. The number of ether oxygens (including phenoxy) is 1. The Kier molecular flexibility index (Phi) is 7.95. The number of aromatic nitrogens is 1.